The third kappa shape index (κ3) is 3.79. The summed E-state index contributed by atoms with van der Waals surface area (Å²) in [4.78, 5) is 36.3. The molecule has 3 aliphatic rings. The van der Waals surface area contributed by atoms with E-state index in [1.165, 1.54) is 4.90 Å². The normalized spacial score (nSPS) is 23.8. The third-order valence-corrected chi connectivity index (χ3v) is 9.44. The molecule has 39 heavy (non-hydrogen) atoms. The van der Waals surface area contributed by atoms with Crippen LogP contribution >= 0.6 is 0 Å². The summed E-state index contributed by atoms with van der Waals surface area (Å²) in [6, 6.07) is 12.2. The monoisotopic (exact) mass is 558 g/mol. The van der Waals surface area contributed by atoms with Crippen LogP contribution in [0.5, 0.6) is 0 Å². The van der Waals surface area contributed by atoms with Crippen LogP contribution in [0.4, 0.5) is 35.2 Å². The van der Waals surface area contributed by atoms with Gasteiger partial charge in [0.15, 0.2) is 0 Å². The van der Waals surface area contributed by atoms with Crippen molar-refractivity contribution in [2.75, 3.05) is 27.8 Å². The van der Waals surface area contributed by atoms with Crippen LogP contribution in [0, 0.1) is 5.92 Å². The number of benzene rings is 2. The lowest BCUT2D eigenvalue weighted by Crippen LogP contribution is -2.39. The summed E-state index contributed by atoms with van der Waals surface area (Å²) in [5, 5.41) is 0.700. The van der Waals surface area contributed by atoms with Gasteiger partial charge in [-0.05, 0) is 61.9 Å². The van der Waals surface area contributed by atoms with Gasteiger partial charge in [-0.2, -0.15) is 13.2 Å². The zero-order valence-electron chi connectivity index (χ0n) is 21.0. The van der Waals surface area contributed by atoms with E-state index < -0.39 is 37.7 Å². The number of aromatic nitrogens is 1. The van der Waals surface area contributed by atoms with Gasteiger partial charge in [-0.3, -0.25) is 9.69 Å². The highest BCUT2D eigenvalue weighted by Gasteiger charge is 2.70. The van der Waals surface area contributed by atoms with Crippen molar-refractivity contribution < 1.29 is 31.2 Å². The van der Waals surface area contributed by atoms with Crippen LogP contribution in [0.3, 0.4) is 0 Å². The number of alkyl halides is 3. The van der Waals surface area contributed by atoms with Gasteiger partial charge in [0.05, 0.1) is 21.8 Å². The number of imide groups is 1. The predicted octanol–water partition coefficient (Wildman–Crippen LogP) is 5.27. The van der Waals surface area contributed by atoms with Gasteiger partial charge in [0.25, 0.3) is 15.7 Å². The Bertz CT molecular complexity index is 1600. The fraction of sp³-hybridized carbons (Fsp3) is 0.370. The molecule has 0 N–H and O–H groups in total. The standard InChI is InChI=1S/C27H25F3N4O4S/c1-17-16-26(17)24(35)33(18-9-11-19(12-10-18)39(37,38)27(28,29)30)25(36)34(26)22-15-23(32-13-5-2-6-14-32)31-21-8-4-3-7-20(21)22/h3-4,7-12,15,17H,2,5-6,13-14,16H2,1H3. The Morgan fingerprint density at radius 2 is 1.62 bits per heavy atom. The predicted molar refractivity (Wildman–Crippen MR) is 139 cm³/mol. The summed E-state index contributed by atoms with van der Waals surface area (Å²) in [6.45, 7) is 3.53. The Morgan fingerprint density at radius 3 is 2.23 bits per heavy atom. The summed E-state index contributed by atoms with van der Waals surface area (Å²) in [7, 11) is -5.57. The minimum Gasteiger partial charge on any atom is -0.357 e. The summed E-state index contributed by atoms with van der Waals surface area (Å²) in [5.74, 6) is 0.0632. The highest BCUT2D eigenvalue weighted by atomic mass is 32.2. The van der Waals surface area contributed by atoms with Crippen molar-refractivity contribution in [2.45, 2.75) is 48.5 Å². The first-order chi connectivity index (χ1) is 18.5. The second-order valence-electron chi connectivity index (χ2n) is 10.3. The third-order valence-electron chi connectivity index (χ3n) is 7.94. The van der Waals surface area contributed by atoms with Crippen LogP contribution in [-0.4, -0.2) is 49.5 Å². The number of carbonyl (C=O) groups is 2. The van der Waals surface area contributed by atoms with Crippen molar-refractivity contribution in [3.05, 3.63) is 54.6 Å². The molecule has 2 unspecified atom stereocenters. The Hall–Kier alpha value is -3.67. The van der Waals surface area contributed by atoms with E-state index in [1.54, 1.807) is 0 Å². The first kappa shape index (κ1) is 25.6. The number of anilines is 3. The number of carbonyl (C=O) groups excluding carboxylic acids is 2. The molecule has 3 fully saturated rings. The summed E-state index contributed by atoms with van der Waals surface area (Å²) >= 11 is 0. The number of fused-ring (bicyclic) bond motifs is 1. The maximum atomic E-state index is 14.0. The van der Waals surface area contributed by atoms with Crippen molar-refractivity contribution in [3.8, 4) is 0 Å². The number of halogens is 3. The average molecular weight is 559 g/mol. The molecule has 12 heteroatoms. The molecular formula is C27H25F3N4O4S. The number of hydrogen-bond acceptors (Lipinski definition) is 6. The van der Waals surface area contributed by atoms with Crippen molar-refractivity contribution in [3.63, 3.8) is 0 Å². The molecule has 3 aromatic rings. The minimum absolute atomic E-state index is 0.00159. The number of urea groups is 1. The number of para-hydroxylation sites is 1. The molecule has 1 spiro atoms. The molecule has 0 radical (unpaired) electrons. The Balaban J connectivity index is 1.45. The second-order valence-corrected chi connectivity index (χ2v) is 12.2. The van der Waals surface area contributed by atoms with Gasteiger partial charge in [0.2, 0.25) is 0 Å². The quantitative estimate of drug-likeness (QED) is 0.406. The number of amides is 3. The molecule has 0 bridgehead atoms. The largest absolute Gasteiger partial charge is 0.501 e. The molecule has 2 aliphatic heterocycles. The van der Waals surface area contributed by atoms with E-state index in [4.69, 9.17) is 4.98 Å². The fourth-order valence-corrected chi connectivity index (χ4v) is 6.49. The van der Waals surface area contributed by atoms with Gasteiger partial charge >= 0.3 is 11.5 Å². The van der Waals surface area contributed by atoms with E-state index in [0.717, 1.165) is 61.5 Å². The van der Waals surface area contributed by atoms with Crippen molar-refractivity contribution in [1.29, 1.82) is 0 Å². The molecule has 204 valence electrons. The summed E-state index contributed by atoms with van der Waals surface area (Å²) < 4.78 is 62.6. The molecular weight excluding hydrogens is 533 g/mol. The summed E-state index contributed by atoms with van der Waals surface area (Å²) in [5.41, 5.74) is -5.38. The van der Waals surface area contributed by atoms with Crippen LogP contribution in [0.2, 0.25) is 0 Å². The molecule has 1 saturated carbocycles. The van der Waals surface area contributed by atoms with E-state index >= 15 is 0 Å². The molecule has 2 aromatic carbocycles. The first-order valence-electron chi connectivity index (χ1n) is 12.7. The van der Waals surface area contributed by atoms with E-state index in [1.807, 2.05) is 37.3 Å². The zero-order valence-corrected chi connectivity index (χ0v) is 21.8. The highest BCUT2D eigenvalue weighted by Crippen LogP contribution is 2.56. The Labute approximate surface area is 222 Å². The van der Waals surface area contributed by atoms with Gasteiger partial charge in [-0.1, -0.05) is 25.1 Å². The smallest absolute Gasteiger partial charge is 0.357 e. The van der Waals surface area contributed by atoms with E-state index in [9.17, 15) is 31.2 Å². The van der Waals surface area contributed by atoms with Crippen LogP contribution in [0.15, 0.2) is 59.5 Å². The maximum absolute atomic E-state index is 14.0. The molecule has 1 aromatic heterocycles. The van der Waals surface area contributed by atoms with E-state index in [2.05, 4.69) is 4.90 Å². The van der Waals surface area contributed by atoms with E-state index in [0.29, 0.717) is 28.8 Å². The number of hydrogen-bond donors (Lipinski definition) is 0. The number of piperidine rings is 1. The Morgan fingerprint density at radius 1 is 0.974 bits per heavy atom. The molecule has 2 saturated heterocycles. The topological polar surface area (TPSA) is 90.9 Å². The van der Waals surface area contributed by atoms with Crippen LogP contribution < -0.4 is 14.7 Å². The number of sulfone groups is 1. The fourth-order valence-electron chi connectivity index (χ4n) is 5.73. The van der Waals surface area contributed by atoms with Crippen molar-refractivity contribution in [2.24, 2.45) is 5.92 Å². The van der Waals surface area contributed by atoms with Crippen LogP contribution in [0.1, 0.15) is 32.6 Å². The molecule has 3 heterocycles. The van der Waals surface area contributed by atoms with Gasteiger partial charge in [0.1, 0.15) is 11.4 Å². The average Bonchev–Trinajstić information content (AvgIpc) is 3.53. The molecule has 2 atom stereocenters. The zero-order chi connectivity index (χ0) is 27.7. The Kier molecular flexibility index (Phi) is 5.69. The van der Waals surface area contributed by atoms with E-state index in [-0.39, 0.29) is 11.6 Å². The lowest BCUT2D eigenvalue weighted by atomic mass is 10.1. The van der Waals surface area contributed by atoms with Crippen LogP contribution in [-0.2, 0) is 14.6 Å². The first-order valence-corrected chi connectivity index (χ1v) is 14.2. The number of rotatable bonds is 4. The highest BCUT2D eigenvalue weighted by molar-refractivity contribution is 7.92. The van der Waals surface area contributed by atoms with Crippen molar-refractivity contribution in [1.82, 2.24) is 4.98 Å². The minimum atomic E-state index is -5.57. The molecule has 6 rings (SSSR count). The molecule has 1 aliphatic carbocycles. The number of nitrogens with zero attached hydrogens (tertiary/aromatic N) is 4. The van der Waals surface area contributed by atoms with Crippen LogP contribution in [0.25, 0.3) is 10.9 Å². The molecule has 8 nitrogen and oxygen atoms in total. The van der Waals surface area contributed by atoms with Gasteiger partial charge in [-0.15, -0.1) is 0 Å². The molecule has 3 amide bonds. The summed E-state index contributed by atoms with van der Waals surface area (Å²) in [6.07, 6.45) is 3.61. The van der Waals surface area contributed by atoms with Crippen molar-refractivity contribution >= 4 is 49.9 Å². The van der Waals surface area contributed by atoms with Gasteiger partial charge in [-0.25, -0.2) is 23.1 Å². The second kappa shape index (κ2) is 8.67. The van der Waals surface area contributed by atoms with Gasteiger partial charge < -0.3 is 4.90 Å². The maximum Gasteiger partial charge on any atom is 0.501 e. The SMILES string of the molecule is CC1CC12C(=O)N(c1ccc(S(=O)(=O)C(F)(F)F)cc1)C(=O)N2c1cc(N2CCCCC2)nc2ccccc12. The lowest BCUT2D eigenvalue weighted by molar-refractivity contribution is -0.119. The number of pyridine rings is 1. The lowest BCUT2D eigenvalue weighted by Gasteiger charge is -2.30. The van der Waals surface area contributed by atoms with Gasteiger partial charge in [0, 0.05) is 24.5 Å².